The number of methoxy groups -OCH3 is 1. The van der Waals surface area contributed by atoms with Gasteiger partial charge in [0.2, 0.25) is 0 Å². The first-order chi connectivity index (χ1) is 15.0. The molecule has 190 valence electrons. The monoisotopic (exact) mass is 475 g/mol. The number of hydrogen-bond donors (Lipinski definition) is 2. The molecular weight excluding hydrogens is 425 g/mol. The van der Waals surface area contributed by atoms with Crippen LogP contribution in [0, 0.1) is 11.8 Å². The van der Waals surface area contributed by atoms with Crippen LogP contribution in [0.15, 0.2) is 59.7 Å². The lowest BCUT2D eigenvalue weighted by molar-refractivity contribution is 0.248. The molecule has 0 aromatic carbocycles. The first kappa shape index (κ1) is 37.9. The molecule has 3 unspecified atom stereocenters. The number of nitrogens with two attached hydrogens (primary N) is 2. The fraction of sp³-hybridized carbons (Fsp3) is 0.615. The van der Waals surface area contributed by atoms with Gasteiger partial charge < -0.3 is 16.2 Å². The predicted octanol–water partition coefficient (Wildman–Crippen LogP) is 7.15. The highest BCUT2D eigenvalue weighted by atomic mass is 35.5. The summed E-state index contributed by atoms with van der Waals surface area (Å²) < 4.78 is 17.5. The van der Waals surface area contributed by atoms with E-state index >= 15 is 0 Å². The molecule has 4 N–H and O–H groups in total. The normalized spacial score (nSPS) is 14.4. The van der Waals surface area contributed by atoms with Gasteiger partial charge in [-0.15, -0.1) is 6.58 Å². The summed E-state index contributed by atoms with van der Waals surface area (Å²) in [4.78, 5) is 1.98. The number of allylic oxidation sites excluding steroid dienone is 8. The van der Waals surface area contributed by atoms with Crippen LogP contribution in [0.3, 0.4) is 0 Å². The van der Waals surface area contributed by atoms with Crippen molar-refractivity contribution in [2.24, 2.45) is 23.3 Å². The molecule has 0 spiro atoms. The smallest absolute Gasteiger partial charge is 0.117 e. The Balaban J connectivity index is -0.000000330. The van der Waals surface area contributed by atoms with Crippen LogP contribution in [0.2, 0.25) is 0 Å². The largest absolute Gasteiger partial charge is 0.502 e. The van der Waals surface area contributed by atoms with Crippen molar-refractivity contribution in [2.45, 2.75) is 67.9 Å². The molecular formula is C26H51ClFN3O. The average Bonchev–Trinajstić information content (AvgIpc) is 2.78. The summed E-state index contributed by atoms with van der Waals surface area (Å²) in [5, 5.41) is 0.322. The van der Waals surface area contributed by atoms with Crippen molar-refractivity contribution >= 4 is 11.6 Å². The molecule has 0 aliphatic rings. The Labute approximate surface area is 203 Å². The summed E-state index contributed by atoms with van der Waals surface area (Å²) in [7, 11) is 3.60. The van der Waals surface area contributed by atoms with Crippen molar-refractivity contribution in [3.63, 3.8) is 0 Å². The third-order valence-corrected chi connectivity index (χ3v) is 4.61. The number of ether oxygens (including phenoxy) is 1. The second kappa shape index (κ2) is 25.9. The van der Waals surface area contributed by atoms with Crippen molar-refractivity contribution in [1.29, 1.82) is 0 Å². The number of rotatable bonds is 11. The van der Waals surface area contributed by atoms with Gasteiger partial charge in [-0.3, -0.25) is 4.90 Å². The van der Waals surface area contributed by atoms with Crippen molar-refractivity contribution < 1.29 is 9.13 Å². The molecule has 0 aromatic rings. The van der Waals surface area contributed by atoms with E-state index in [1.807, 2.05) is 72.6 Å². The Morgan fingerprint density at radius 1 is 1.19 bits per heavy atom. The highest BCUT2D eigenvalue weighted by Gasteiger charge is 2.23. The Hall–Kier alpha value is -1.40. The van der Waals surface area contributed by atoms with Gasteiger partial charge in [0.15, 0.2) is 0 Å². The minimum atomic E-state index is -0.564. The van der Waals surface area contributed by atoms with E-state index in [0.717, 1.165) is 17.8 Å². The van der Waals surface area contributed by atoms with Crippen LogP contribution >= 0.6 is 11.6 Å². The van der Waals surface area contributed by atoms with Crippen LogP contribution < -0.4 is 11.5 Å². The van der Waals surface area contributed by atoms with E-state index in [0.29, 0.717) is 18.2 Å². The summed E-state index contributed by atoms with van der Waals surface area (Å²) >= 11 is 5.96. The number of hydrogen-bond acceptors (Lipinski definition) is 4. The zero-order chi connectivity index (χ0) is 26.3. The molecule has 32 heavy (non-hydrogen) atoms. The topological polar surface area (TPSA) is 64.5 Å². The molecule has 0 heterocycles. The van der Waals surface area contributed by atoms with Crippen LogP contribution in [-0.4, -0.2) is 38.3 Å². The summed E-state index contributed by atoms with van der Waals surface area (Å²) in [5.74, 6) is 0.866. The second-order valence-electron chi connectivity index (χ2n) is 6.92. The number of nitrogens with zero attached hydrogens (tertiary/aromatic N) is 1. The van der Waals surface area contributed by atoms with Gasteiger partial charge >= 0.3 is 0 Å². The molecule has 0 rings (SSSR count). The summed E-state index contributed by atoms with van der Waals surface area (Å²) in [5.41, 5.74) is 13.0. The molecule has 0 bridgehead atoms. The first-order valence-corrected chi connectivity index (χ1v) is 11.7. The second-order valence-corrected chi connectivity index (χ2v) is 7.35. The third-order valence-electron chi connectivity index (χ3n) is 4.40. The molecule has 0 aliphatic carbocycles. The van der Waals surface area contributed by atoms with Gasteiger partial charge in [-0.25, -0.2) is 4.39 Å². The van der Waals surface area contributed by atoms with E-state index in [4.69, 9.17) is 27.8 Å². The maximum absolute atomic E-state index is 12.7. The van der Waals surface area contributed by atoms with Gasteiger partial charge in [0.05, 0.1) is 12.9 Å². The van der Waals surface area contributed by atoms with E-state index in [1.165, 1.54) is 6.08 Å². The molecule has 0 saturated heterocycles. The fourth-order valence-corrected chi connectivity index (χ4v) is 2.75. The molecule has 0 fully saturated rings. The van der Waals surface area contributed by atoms with E-state index in [1.54, 1.807) is 13.2 Å². The van der Waals surface area contributed by atoms with Crippen LogP contribution in [-0.2, 0) is 4.74 Å². The quantitative estimate of drug-likeness (QED) is 0.144. The van der Waals surface area contributed by atoms with Gasteiger partial charge in [0.25, 0.3) is 0 Å². The van der Waals surface area contributed by atoms with Crippen molar-refractivity contribution in [1.82, 2.24) is 4.90 Å². The molecule has 3 atom stereocenters. The van der Waals surface area contributed by atoms with Gasteiger partial charge in [-0.1, -0.05) is 70.5 Å². The summed E-state index contributed by atoms with van der Waals surface area (Å²) in [6, 6.07) is -0.0382. The Morgan fingerprint density at radius 3 is 2.00 bits per heavy atom. The minimum absolute atomic E-state index is 0.0382. The van der Waals surface area contributed by atoms with Gasteiger partial charge in [-0.05, 0) is 58.2 Å². The zero-order valence-electron chi connectivity index (χ0n) is 22.3. The Bertz CT molecular complexity index is 559. The minimum Gasteiger partial charge on any atom is -0.502 e. The number of likely N-dealkylation sites (N-methyl/N-ethyl adjacent to an activating group) is 1. The van der Waals surface area contributed by atoms with Crippen LogP contribution in [0.4, 0.5) is 4.39 Å². The van der Waals surface area contributed by atoms with Gasteiger partial charge in [0, 0.05) is 24.3 Å². The lowest BCUT2D eigenvalue weighted by atomic mass is 9.82. The standard InChI is InChI=1S/C17H29ClFN3.C5H10O.2C2H6/c1-6-13(3)16(17(21)10-22(5)11-20)8-12(2)7-15(18)9-14(4)19;1-4-5(2)6-3;2*1-2/h6-7,9,13,16-17H,1,4,8,10-11,20-21H2,2-3,5H3;4H,1-3H3;2*1-2H3/b12-7+,15-9+;5-4+;;. The number of halogens is 2. The van der Waals surface area contributed by atoms with E-state index in [9.17, 15) is 4.39 Å². The molecule has 0 aromatic heterocycles. The summed E-state index contributed by atoms with van der Waals surface area (Å²) in [6.45, 7) is 24.1. The van der Waals surface area contributed by atoms with Gasteiger partial charge in [-0.2, -0.15) is 0 Å². The molecule has 0 radical (unpaired) electrons. The van der Waals surface area contributed by atoms with Crippen LogP contribution in [0.5, 0.6) is 0 Å². The molecule has 4 nitrogen and oxygen atoms in total. The lowest BCUT2D eigenvalue weighted by Crippen LogP contribution is -2.44. The van der Waals surface area contributed by atoms with Crippen LogP contribution in [0.1, 0.15) is 61.8 Å². The van der Waals surface area contributed by atoms with E-state index in [2.05, 4.69) is 20.1 Å². The van der Waals surface area contributed by atoms with Crippen molar-refractivity contribution in [3.8, 4) is 0 Å². The molecule has 0 amide bonds. The Morgan fingerprint density at radius 2 is 1.69 bits per heavy atom. The highest BCUT2D eigenvalue weighted by Crippen LogP contribution is 2.25. The predicted molar refractivity (Wildman–Crippen MR) is 144 cm³/mol. The van der Waals surface area contributed by atoms with Crippen molar-refractivity contribution in [3.05, 3.63) is 59.7 Å². The van der Waals surface area contributed by atoms with Gasteiger partial charge in [0.1, 0.15) is 5.83 Å². The fourth-order valence-electron chi connectivity index (χ4n) is 2.45. The van der Waals surface area contributed by atoms with Crippen LogP contribution in [0.25, 0.3) is 0 Å². The molecule has 6 heteroatoms. The van der Waals surface area contributed by atoms with Crippen molar-refractivity contribution in [2.75, 3.05) is 27.4 Å². The Kier molecular flexibility index (Phi) is 30.6. The third kappa shape index (κ3) is 23.3. The highest BCUT2D eigenvalue weighted by molar-refractivity contribution is 6.31. The summed E-state index contributed by atoms with van der Waals surface area (Å²) in [6.07, 6.45) is 7.52. The lowest BCUT2D eigenvalue weighted by Gasteiger charge is -2.31. The molecule has 0 aliphatic heterocycles. The maximum Gasteiger partial charge on any atom is 0.117 e. The van der Waals surface area contributed by atoms with E-state index < -0.39 is 5.83 Å². The SMILES string of the molecule is C/C=C(\C)OC.C=CC(C)C(C/C(C)=C/C(Cl)=C\C(=C)F)C(N)CN(C)CN.CC.CC. The average molecular weight is 476 g/mol. The molecule has 0 saturated carbocycles. The van der Waals surface area contributed by atoms with E-state index in [-0.39, 0.29) is 17.9 Å². The first-order valence-electron chi connectivity index (χ1n) is 11.3. The maximum atomic E-state index is 12.7. The zero-order valence-corrected chi connectivity index (χ0v) is 23.1.